The van der Waals surface area contributed by atoms with Gasteiger partial charge in [0.2, 0.25) is 5.91 Å². The lowest BCUT2D eigenvalue weighted by molar-refractivity contribution is -0.120. The molecule has 2 fully saturated rings. The van der Waals surface area contributed by atoms with Gasteiger partial charge in [-0.2, -0.15) is 0 Å². The van der Waals surface area contributed by atoms with Crippen LogP contribution in [-0.4, -0.2) is 67.6 Å². The maximum Gasteiger partial charge on any atom is 0.234 e. The molecule has 1 aliphatic carbocycles. The number of carbonyl (C=O) groups excluding carboxylic acids is 1. The largest absolute Gasteiger partial charge is 0.368 e. The Morgan fingerprint density at radius 1 is 1.35 bits per heavy atom. The molecule has 98 valence electrons. The maximum absolute atomic E-state index is 11.1. The van der Waals surface area contributed by atoms with E-state index in [9.17, 15) is 4.79 Å². The van der Waals surface area contributed by atoms with Gasteiger partial charge in [-0.1, -0.05) is 0 Å². The Morgan fingerprint density at radius 2 is 2.00 bits per heavy atom. The van der Waals surface area contributed by atoms with Crippen molar-refractivity contribution in [1.82, 2.24) is 15.1 Å². The molecule has 0 spiro atoms. The molecule has 1 unspecified atom stereocenters. The van der Waals surface area contributed by atoms with E-state index in [0.29, 0.717) is 0 Å². The quantitative estimate of drug-likeness (QED) is 0.640. The fourth-order valence-electron chi connectivity index (χ4n) is 2.53. The van der Waals surface area contributed by atoms with E-state index >= 15 is 0 Å². The standard InChI is InChI=1S/C12H24N4O/c1-14-11(12(13)17)4-5-15-6-8-16(9-7-15)10-2-3-10/h10-11,14H,2-9H2,1H3,(H2,13,17). The molecule has 5 nitrogen and oxygen atoms in total. The first kappa shape index (κ1) is 12.8. The zero-order valence-corrected chi connectivity index (χ0v) is 10.7. The Labute approximate surface area is 103 Å². The van der Waals surface area contributed by atoms with Crippen LogP contribution >= 0.6 is 0 Å². The highest BCUT2D eigenvalue weighted by atomic mass is 16.1. The van der Waals surface area contributed by atoms with Crippen LogP contribution in [0.5, 0.6) is 0 Å². The van der Waals surface area contributed by atoms with Crippen LogP contribution in [0.15, 0.2) is 0 Å². The van der Waals surface area contributed by atoms with E-state index in [1.807, 2.05) is 0 Å². The van der Waals surface area contributed by atoms with Crippen molar-refractivity contribution in [1.29, 1.82) is 0 Å². The molecule has 1 amide bonds. The van der Waals surface area contributed by atoms with Gasteiger partial charge in [-0.15, -0.1) is 0 Å². The van der Waals surface area contributed by atoms with Crippen molar-refractivity contribution in [2.24, 2.45) is 5.73 Å². The highest BCUT2D eigenvalue weighted by Crippen LogP contribution is 2.27. The van der Waals surface area contributed by atoms with Gasteiger partial charge in [-0.3, -0.25) is 9.69 Å². The zero-order valence-electron chi connectivity index (χ0n) is 10.7. The van der Waals surface area contributed by atoms with Crippen LogP contribution in [-0.2, 0) is 4.79 Å². The molecule has 1 aliphatic heterocycles. The summed E-state index contributed by atoms with van der Waals surface area (Å²) in [6.45, 7) is 5.60. The van der Waals surface area contributed by atoms with Gasteiger partial charge >= 0.3 is 0 Å². The van der Waals surface area contributed by atoms with Crippen LogP contribution in [0.2, 0.25) is 0 Å². The van der Waals surface area contributed by atoms with Crippen LogP contribution in [0, 0.1) is 0 Å². The van der Waals surface area contributed by atoms with Crippen molar-refractivity contribution in [3.63, 3.8) is 0 Å². The van der Waals surface area contributed by atoms with Crippen LogP contribution in [0.25, 0.3) is 0 Å². The molecule has 2 rings (SSSR count). The Balaban J connectivity index is 1.65. The van der Waals surface area contributed by atoms with E-state index < -0.39 is 0 Å². The number of rotatable bonds is 6. The first-order chi connectivity index (χ1) is 8.20. The van der Waals surface area contributed by atoms with Gasteiger partial charge in [0.05, 0.1) is 6.04 Å². The van der Waals surface area contributed by atoms with Gasteiger partial charge in [0.15, 0.2) is 0 Å². The molecule has 1 atom stereocenters. The predicted octanol–water partition coefficient (Wildman–Crippen LogP) is -0.770. The monoisotopic (exact) mass is 240 g/mol. The molecule has 0 aromatic rings. The summed E-state index contributed by atoms with van der Waals surface area (Å²) in [7, 11) is 1.79. The number of carbonyl (C=O) groups is 1. The van der Waals surface area contributed by atoms with E-state index in [4.69, 9.17) is 5.73 Å². The van der Waals surface area contributed by atoms with Crippen molar-refractivity contribution < 1.29 is 4.79 Å². The summed E-state index contributed by atoms with van der Waals surface area (Å²) >= 11 is 0. The van der Waals surface area contributed by atoms with Crippen LogP contribution in [0.3, 0.4) is 0 Å². The Bertz CT molecular complexity index is 259. The number of piperazine rings is 1. The van der Waals surface area contributed by atoms with Gasteiger partial charge < -0.3 is 16.0 Å². The number of primary amides is 1. The minimum atomic E-state index is -0.246. The second kappa shape index (κ2) is 5.80. The molecule has 3 N–H and O–H groups in total. The second-order valence-corrected chi connectivity index (χ2v) is 5.14. The third-order valence-corrected chi connectivity index (χ3v) is 3.90. The molecule has 2 aliphatic rings. The SMILES string of the molecule is CNC(CCN1CCN(C2CC2)CC1)C(N)=O. The van der Waals surface area contributed by atoms with E-state index in [-0.39, 0.29) is 11.9 Å². The summed E-state index contributed by atoms with van der Waals surface area (Å²) in [6, 6.07) is 0.698. The molecule has 1 saturated heterocycles. The normalized spacial score (nSPS) is 24.8. The number of likely N-dealkylation sites (N-methyl/N-ethyl adjacent to an activating group) is 1. The topological polar surface area (TPSA) is 61.6 Å². The fourth-order valence-corrected chi connectivity index (χ4v) is 2.53. The Kier molecular flexibility index (Phi) is 4.36. The summed E-state index contributed by atoms with van der Waals surface area (Å²) in [5.74, 6) is -0.246. The van der Waals surface area contributed by atoms with E-state index in [2.05, 4.69) is 15.1 Å². The molecule has 1 heterocycles. The average Bonchev–Trinajstić information content (AvgIpc) is 3.14. The summed E-state index contributed by atoms with van der Waals surface area (Å²) in [6.07, 6.45) is 3.60. The van der Waals surface area contributed by atoms with Crippen molar-refractivity contribution in [3.8, 4) is 0 Å². The summed E-state index contributed by atoms with van der Waals surface area (Å²) in [5.41, 5.74) is 5.30. The Morgan fingerprint density at radius 3 is 2.47 bits per heavy atom. The lowest BCUT2D eigenvalue weighted by atomic mass is 10.2. The number of hydrogen-bond acceptors (Lipinski definition) is 4. The van der Waals surface area contributed by atoms with E-state index in [1.54, 1.807) is 7.05 Å². The van der Waals surface area contributed by atoms with Crippen LogP contribution < -0.4 is 11.1 Å². The number of hydrogen-bond donors (Lipinski definition) is 2. The first-order valence-corrected chi connectivity index (χ1v) is 6.63. The molecule has 0 radical (unpaired) electrons. The second-order valence-electron chi connectivity index (χ2n) is 5.14. The molecule has 17 heavy (non-hydrogen) atoms. The van der Waals surface area contributed by atoms with Crippen LogP contribution in [0.1, 0.15) is 19.3 Å². The number of nitrogens with two attached hydrogens (primary N) is 1. The highest BCUT2D eigenvalue weighted by Gasteiger charge is 2.31. The summed E-state index contributed by atoms with van der Waals surface area (Å²) in [4.78, 5) is 16.1. The van der Waals surface area contributed by atoms with Gasteiger partial charge in [-0.05, 0) is 26.3 Å². The minimum Gasteiger partial charge on any atom is -0.368 e. The molecule has 0 bridgehead atoms. The maximum atomic E-state index is 11.1. The Hall–Kier alpha value is -0.650. The van der Waals surface area contributed by atoms with Gasteiger partial charge in [-0.25, -0.2) is 0 Å². The summed E-state index contributed by atoms with van der Waals surface area (Å²) in [5, 5.41) is 2.97. The minimum absolute atomic E-state index is 0.184. The lowest BCUT2D eigenvalue weighted by Crippen LogP contribution is -2.49. The lowest BCUT2D eigenvalue weighted by Gasteiger charge is -2.35. The van der Waals surface area contributed by atoms with Crippen LogP contribution in [0.4, 0.5) is 0 Å². The average molecular weight is 240 g/mol. The van der Waals surface area contributed by atoms with E-state index in [0.717, 1.165) is 32.1 Å². The highest BCUT2D eigenvalue weighted by molar-refractivity contribution is 5.79. The van der Waals surface area contributed by atoms with E-state index in [1.165, 1.54) is 25.9 Å². The molecule has 0 aromatic heterocycles. The molecule has 5 heteroatoms. The van der Waals surface area contributed by atoms with Crippen molar-refractivity contribution in [2.75, 3.05) is 39.8 Å². The number of amides is 1. The van der Waals surface area contributed by atoms with Crippen molar-refractivity contribution in [2.45, 2.75) is 31.3 Å². The molecule has 0 aromatic carbocycles. The molecular weight excluding hydrogens is 216 g/mol. The number of nitrogens with one attached hydrogen (secondary N) is 1. The van der Waals surface area contributed by atoms with Gasteiger partial charge in [0.1, 0.15) is 0 Å². The number of nitrogens with zero attached hydrogens (tertiary/aromatic N) is 2. The van der Waals surface area contributed by atoms with Gasteiger partial charge in [0.25, 0.3) is 0 Å². The zero-order chi connectivity index (χ0) is 12.3. The van der Waals surface area contributed by atoms with Crippen molar-refractivity contribution >= 4 is 5.91 Å². The third kappa shape index (κ3) is 3.66. The van der Waals surface area contributed by atoms with Crippen molar-refractivity contribution in [3.05, 3.63) is 0 Å². The molecular formula is C12H24N4O. The first-order valence-electron chi connectivity index (χ1n) is 6.63. The summed E-state index contributed by atoms with van der Waals surface area (Å²) < 4.78 is 0. The smallest absolute Gasteiger partial charge is 0.234 e. The fraction of sp³-hybridized carbons (Fsp3) is 0.917. The molecule has 1 saturated carbocycles. The predicted molar refractivity (Wildman–Crippen MR) is 67.7 cm³/mol. The third-order valence-electron chi connectivity index (χ3n) is 3.90. The van der Waals surface area contributed by atoms with Gasteiger partial charge in [0, 0.05) is 38.8 Å².